The number of fused-ring (bicyclic) bond motifs is 1. The van der Waals surface area contributed by atoms with E-state index in [-0.39, 0.29) is 5.69 Å². The van der Waals surface area contributed by atoms with Crippen LogP contribution in [0.4, 0.5) is 0 Å². The SMILES string of the molecule is C[NH2+]/C=C\C(=N)CSc1nc2c(-c3ccccc3)c(C)nn2c(=O)[nH]1. The molecule has 0 saturated heterocycles. The van der Waals surface area contributed by atoms with Crippen LogP contribution in [0.15, 0.2) is 52.6 Å². The average Bonchev–Trinajstić information content (AvgIpc) is 2.95. The molecule has 8 heteroatoms. The molecule has 4 N–H and O–H groups in total. The second-order valence-corrected chi connectivity index (χ2v) is 6.38. The molecule has 2 heterocycles. The summed E-state index contributed by atoms with van der Waals surface area (Å²) in [4.78, 5) is 19.6. The van der Waals surface area contributed by atoms with Crippen molar-refractivity contribution in [2.24, 2.45) is 0 Å². The highest BCUT2D eigenvalue weighted by molar-refractivity contribution is 7.99. The summed E-state index contributed by atoms with van der Waals surface area (Å²) in [6, 6.07) is 9.78. The van der Waals surface area contributed by atoms with Crippen LogP contribution in [0.2, 0.25) is 0 Å². The number of nitrogens with two attached hydrogens (primary N) is 1. The molecular weight excluding hydrogens is 336 g/mol. The summed E-state index contributed by atoms with van der Waals surface area (Å²) >= 11 is 1.32. The second-order valence-electron chi connectivity index (χ2n) is 5.42. The number of rotatable bonds is 6. The van der Waals surface area contributed by atoms with Crippen molar-refractivity contribution in [3.63, 3.8) is 0 Å². The number of allylic oxidation sites excluding steroid dienone is 1. The van der Waals surface area contributed by atoms with Crippen LogP contribution < -0.4 is 11.0 Å². The molecule has 0 saturated carbocycles. The van der Waals surface area contributed by atoms with Crippen LogP contribution in [0.1, 0.15) is 5.69 Å². The zero-order valence-electron chi connectivity index (χ0n) is 14.0. The number of quaternary nitrogens is 1. The standard InChI is InChI=1S/C17H18N6OS/c1-11-14(12-6-4-3-5-7-12)15-20-16(21-17(24)23(15)22-11)25-10-13(18)8-9-19-2/h3-9,18-19H,10H2,1-2H3,(H,20,21,24)/p+1/b9-8-,18-13?. The molecule has 0 fully saturated rings. The highest BCUT2D eigenvalue weighted by Gasteiger charge is 2.16. The summed E-state index contributed by atoms with van der Waals surface area (Å²) in [5.74, 6) is 0.428. The van der Waals surface area contributed by atoms with E-state index >= 15 is 0 Å². The van der Waals surface area contributed by atoms with Gasteiger partial charge in [0.25, 0.3) is 0 Å². The van der Waals surface area contributed by atoms with Crippen molar-refractivity contribution in [3.05, 3.63) is 58.8 Å². The minimum atomic E-state index is -0.332. The van der Waals surface area contributed by atoms with E-state index in [1.807, 2.05) is 55.8 Å². The summed E-state index contributed by atoms with van der Waals surface area (Å²) in [6.45, 7) is 1.87. The Morgan fingerprint density at radius 3 is 2.88 bits per heavy atom. The molecule has 3 aromatic rings. The molecule has 0 atom stereocenters. The van der Waals surface area contributed by atoms with Gasteiger partial charge in [-0.1, -0.05) is 42.1 Å². The van der Waals surface area contributed by atoms with Crippen LogP contribution in [0, 0.1) is 12.3 Å². The van der Waals surface area contributed by atoms with Gasteiger partial charge in [0.2, 0.25) is 0 Å². The summed E-state index contributed by atoms with van der Waals surface area (Å²) < 4.78 is 1.29. The van der Waals surface area contributed by atoms with Gasteiger partial charge in [-0.2, -0.15) is 9.61 Å². The van der Waals surface area contributed by atoms with Crippen molar-refractivity contribution < 1.29 is 5.32 Å². The maximum absolute atomic E-state index is 12.3. The molecule has 0 spiro atoms. The van der Waals surface area contributed by atoms with E-state index in [2.05, 4.69) is 15.1 Å². The lowest BCUT2D eigenvalue weighted by molar-refractivity contribution is -0.556. The number of thioether (sulfide) groups is 1. The normalized spacial score (nSPS) is 11.4. The Labute approximate surface area is 148 Å². The highest BCUT2D eigenvalue weighted by Crippen LogP contribution is 2.26. The van der Waals surface area contributed by atoms with Gasteiger partial charge in [0, 0.05) is 23.1 Å². The Kier molecular flexibility index (Phi) is 5.11. The molecule has 0 amide bonds. The maximum Gasteiger partial charge on any atom is 0.350 e. The predicted octanol–water partition coefficient (Wildman–Crippen LogP) is 1.21. The molecule has 7 nitrogen and oxygen atoms in total. The van der Waals surface area contributed by atoms with Gasteiger partial charge in [-0.25, -0.2) is 9.78 Å². The van der Waals surface area contributed by atoms with Gasteiger partial charge in [-0.15, -0.1) is 0 Å². The van der Waals surface area contributed by atoms with Gasteiger partial charge in [-0.3, -0.25) is 4.98 Å². The summed E-state index contributed by atoms with van der Waals surface area (Å²) in [6.07, 6.45) is 3.54. The minimum absolute atomic E-state index is 0.332. The molecule has 3 rings (SSSR count). The molecule has 128 valence electrons. The van der Waals surface area contributed by atoms with E-state index in [1.165, 1.54) is 16.3 Å². The van der Waals surface area contributed by atoms with Gasteiger partial charge < -0.3 is 10.7 Å². The Morgan fingerprint density at radius 2 is 2.16 bits per heavy atom. The number of nitrogens with zero attached hydrogens (tertiary/aromatic N) is 3. The fourth-order valence-electron chi connectivity index (χ4n) is 2.45. The van der Waals surface area contributed by atoms with Crippen LogP contribution in [0.25, 0.3) is 16.8 Å². The van der Waals surface area contributed by atoms with Crippen molar-refractivity contribution in [1.82, 2.24) is 19.6 Å². The fourth-order valence-corrected chi connectivity index (χ4v) is 3.15. The number of hydrogen-bond acceptors (Lipinski definition) is 5. The summed E-state index contributed by atoms with van der Waals surface area (Å²) in [5, 5.41) is 14.5. The zero-order valence-corrected chi connectivity index (χ0v) is 14.8. The molecule has 1 aromatic carbocycles. The van der Waals surface area contributed by atoms with Crippen LogP contribution in [-0.2, 0) is 0 Å². The van der Waals surface area contributed by atoms with Crippen LogP contribution in [-0.4, -0.2) is 38.1 Å². The van der Waals surface area contributed by atoms with Gasteiger partial charge in [0.05, 0.1) is 18.9 Å². The Bertz CT molecular complexity index is 990. The number of nitrogens with one attached hydrogen (secondary N) is 2. The topological polar surface area (TPSA) is 104 Å². The molecule has 0 radical (unpaired) electrons. The van der Waals surface area contributed by atoms with Gasteiger partial charge in [-0.05, 0) is 12.5 Å². The lowest BCUT2D eigenvalue weighted by Crippen LogP contribution is -2.72. The number of aryl methyl sites for hydroxylation is 1. The smallest absolute Gasteiger partial charge is 0.322 e. The minimum Gasteiger partial charge on any atom is -0.322 e. The average molecular weight is 355 g/mol. The fraction of sp³-hybridized carbons (Fsp3) is 0.176. The van der Waals surface area contributed by atoms with E-state index in [0.717, 1.165) is 16.8 Å². The number of hydrogen-bond donors (Lipinski definition) is 3. The lowest BCUT2D eigenvalue weighted by Gasteiger charge is -2.03. The Morgan fingerprint density at radius 1 is 1.40 bits per heavy atom. The van der Waals surface area contributed by atoms with Crippen LogP contribution >= 0.6 is 11.8 Å². The maximum atomic E-state index is 12.3. The molecule has 2 aromatic heterocycles. The van der Waals surface area contributed by atoms with E-state index in [9.17, 15) is 4.79 Å². The Balaban J connectivity index is 1.99. The first-order valence-corrected chi connectivity index (χ1v) is 8.80. The first kappa shape index (κ1) is 17.1. The van der Waals surface area contributed by atoms with Gasteiger partial charge >= 0.3 is 5.69 Å². The zero-order chi connectivity index (χ0) is 17.8. The van der Waals surface area contributed by atoms with Crippen molar-refractivity contribution in [2.45, 2.75) is 12.1 Å². The molecule has 25 heavy (non-hydrogen) atoms. The third kappa shape index (κ3) is 3.70. The van der Waals surface area contributed by atoms with Crippen molar-refractivity contribution in [1.29, 1.82) is 5.41 Å². The molecule has 0 aliphatic heterocycles. The van der Waals surface area contributed by atoms with E-state index in [0.29, 0.717) is 22.3 Å². The van der Waals surface area contributed by atoms with Gasteiger partial charge in [0.1, 0.15) is 0 Å². The van der Waals surface area contributed by atoms with Crippen molar-refractivity contribution >= 4 is 23.1 Å². The first-order valence-electron chi connectivity index (χ1n) is 7.81. The van der Waals surface area contributed by atoms with Crippen LogP contribution in [0.3, 0.4) is 0 Å². The number of benzene rings is 1. The van der Waals surface area contributed by atoms with Crippen molar-refractivity contribution in [2.75, 3.05) is 12.8 Å². The molecule has 0 bridgehead atoms. The number of H-pyrrole nitrogens is 1. The van der Waals surface area contributed by atoms with E-state index in [4.69, 9.17) is 5.41 Å². The molecular formula is C17H19N6OS+. The second kappa shape index (κ2) is 7.45. The quantitative estimate of drug-likeness (QED) is 0.457. The van der Waals surface area contributed by atoms with E-state index in [1.54, 1.807) is 6.08 Å². The lowest BCUT2D eigenvalue weighted by atomic mass is 10.1. The van der Waals surface area contributed by atoms with Gasteiger partial charge in [0.15, 0.2) is 10.8 Å². The first-order chi connectivity index (χ1) is 12.1. The summed E-state index contributed by atoms with van der Waals surface area (Å²) in [7, 11) is 1.90. The monoisotopic (exact) mass is 355 g/mol. The number of aromatic amines is 1. The predicted molar refractivity (Wildman–Crippen MR) is 99.2 cm³/mol. The molecule has 0 unspecified atom stereocenters. The van der Waals surface area contributed by atoms with Crippen molar-refractivity contribution in [3.8, 4) is 11.1 Å². The highest BCUT2D eigenvalue weighted by atomic mass is 32.2. The Hall–Kier alpha value is -2.71. The number of aromatic nitrogens is 4. The molecule has 0 aliphatic carbocycles. The third-order valence-electron chi connectivity index (χ3n) is 3.57. The third-order valence-corrected chi connectivity index (χ3v) is 4.49. The summed E-state index contributed by atoms with van der Waals surface area (Å²) in [5.41, 5.74) is 3.22. The molecule has 0 aliphatic rings. The van der Waals surface area contributed by atoms with Crippen LogP contribution in [0.5, 0.6) is 0 Å². The largest absolute Gasteiger partial charge is 0.350 e. The van der Waals surface area contributed by atoms with E-state index < -0.39 is 0 Å².